The summed E-state index contributed by atoms with van der Waals surface area (Å²) in [5.74, 6) is -0.678. The number of ether oxygens (including phenoxy) is 1. The minimum Gasteiger partial charge on any atom is -0.507 e. The molecular formula is C30H44O6. The molecule has 0 aliphatic rings. The van der Waals surface area contributed by atoms with Gasteiger partial charge in [0.2, 0.25) is 0 Å². The number of unbranched alkanes of at least 4 members (excludes halogenated alkanes) is 2. The van der Waals surface area contributed by atoms with Gasteiger partial charge in [0.1, 0.15) is 22.6 Å². The van der Waals surface area contributed by atoms with E-state index in [1.165, 1.54) is 18.6 Å². The molecule has 0 saturated heterocycles. The fourth-order valence-corrected chi connectivity index (χ4v) is 4.00. The Balaban J connectivity index is 0.000000360. The largest absolute Gasteiger partial charge is 0.507 e. The molecule has 2 atom stereocenters. The van der Waals surface area contributed by atoms with Crippen LogP contribution in [0.4, 0.5) is 0 Å². The maximum absolute atomic E-state index is 11.8. The first-order chi connectivity index (χ1) is 17.3. The van der Waals surface area contributed by atoms with Gasteiger partial charge in [-0.15, -0.1) is 0 Å². The first-order valence-electron chi connectivity index (χ1n) is 13.3. The number of rotatable bonds is 14. The average Bonchev–Trinajstić information content (AvgIpc) is 2.88. The summed E-state index contributed by atoms with van der Waals surface area (Å²) in [6.45, 7) is 8.99. The van der Waals surface area contributed by atoms with Gasteiger partial charge in [-0.1, -0.05) is 96.9 Å². The van der Waals surface area contributed by atoms with Crippen molar-refractivity contribution in [2.45, 2.75) is 85.5 Å². The molecule has 2 rings (SSSR count). The molecule has 0 aliphatic carbocycles. The Morgan fingerprint density at radius 3 is 1.94 bits per heavy atom. The highest BCUT2D eigenvalue weighted by Gasteiger charge is 2.16. The third-order valence-corrected chi connectivity index (χ3v) is 6.52. The lowest BCUT2D eigenvalue weighted by Crippen LogP contribution is -2.14. The van der Waals surface area contributed by atoms with Crippen LogP contribution in [0.25, 0.3) is 0 Å². The van der Waals surface area contributed by atoms with Crippen LogP contribution in [0.1, 0.15) is 105 Å². The molecule has 0 aromatic heterocycles. The van der Waals surface area contributed by atoms with Gasteiger partial charge in [0.25, 0.3) is 0 Å². The Kier molecular flexibility index (Phi) is 15.0. The molecule has 200 valence electrons. The molecule has 6 nitrogen and oxygen atoms in total. The van der Waals surface area contributed by atoms with E-state index in [1.807, 2.05) is 6.07 Å². The van der Waals surface area contributed by atoms with Gasteiger partial charge in [-0.3, -0.25) is 0 Å². The second kappa shape index (κ2) is 17.4. The highest BCUT2D eigenvalue weighted by Crippen LogP contribution is 2.27. The quantitative estimate of drug-likeness (QED) is 0.231. The molecule has 2 unspecified atom stereocenters. The van der Waals surface area contributed by atoms with Crippen LogP contribution in [0.3, 0.4) is 0 Å². The topological polar surface area (TPSA) is 104 Å². The van der Waals surface area contributed by atoms with Gasteiger partial charge < -0.3 is 20.1 Å². The van der Waals surface area contributed by atoms with E-state index < -0.39 is 11.9 Å². The Morgan fingerprint density at radius 2 is 1.39 bits per heavy atom. The van der Waals surface area contributed by atoms with Crippen molar-refractivity contribution in [3.05, 3.63) is 59.2 Å². The fourth-order valence-electron chi connectivity index (χ4n) is 4.00. The number of hydrogen-bond donors (Lipinski definition) is 3. The standard InChI is InChI=1S/2C15H22O3/c1-3-5-8-12(4-2)11-18-15(17)13-9-6-7-10-14(13)16;1-3-5-7-11(4-2)10-12-8-6-9-13(14(12)16)15(17)18/h6-7,9-10,12,16H,3-5,8,11H2,1-2H3;6,8-9,11,16H,3-5,7,10H2,1-2H3,(H,17,18). The smallest absolute Gasteiger partial charge is 0.341 e. The zero-order valence-corrected chi connectivity index (χ0v) is 22.3. The molecule has 0 heterocycles. The molecule has 0 radical (unpaired) electrons. The summed E-state index contributed by atoms with van der Waals surface area (Å²) in [6.07, 6.45) is 9.69. The molecule has 0 fully saturated rings. The van der Waals surface area contributed by atoms with E-state index in [0.717, 1.165) is 56.9 Å². The van der Waals surface area contributed by atoms with Crippen LogP contribution in [0.15, 0.2) is 42.5 Å². The van der Waals surface area contributed by atoms with E-state index in [4.69, 9.17) is 9.84 Å². The maximum Gasteiger partial charge on any atom is 0.341 e. The summed E-state index contributed by atoms with van der Waals surface area (Å²) in [7, 11) is 0. The van der Waals surface area contributed by atoms with Gasteiger partial charge in [-0.25, -0.2) is 9.59 Å². The molecular weight excluding hydrogens is 456 g/mol. The van der Waals surface area contributed by atoms with Gasteiger partial charge in [0.15, 0.2) is 0 Å². The highest BCUT2D eigenvalue weighted by molar-refractivity contribution is 5.92. The number of aromatic hydroxyl groups is 2. The van der Waals surface area contributed by atoms with Crippen LogP contribution in [-0.2, 0) is 11.2 Å². The highest BCUT2D eigenvalue weighted by atomic mass is 16.5. The minimum absolute atomic E-state index is 0.00200. The second-order valence-electron chi connectivity index (χ2n) is 9.27. The summed E-state index contributed by atoms with van der Waals surface area (Å²) in [6, 6.07) is 11.4. The Bertz CT molecular complexity index is 923. The molecule has 0 aliphatic heterocycles. The summed E-state index contributed by atoms with van der Waals surface area (Å²) in [5, 5.41) is 28.5. The third kappa shape index (κ3) is 10.7. The van der Waals surface area contributed by atoms with Crippen molar-refractivity contribution in [2.75, 3.05) is 6.61 Å². The number of benzene rings is 2. The molecule has 3 N–H and O–H groups in total. The molecule has 36 heavy (non-hydrogen) atoms. The summed E-state index contributed by atoms with van der Waals surface area (Å²) in [5.41, 5.74) is 0.985. The van der Waals surface area contributed by atoms with E-state index in [1.54, 1.807) is 24.3 Å². The van der Waals surface area contributed by atoms with Crippen molar-refractivity contribution < 1.29 is 29.6 Å². The number of phenols is 2. The second-order valence-corrected chi connectivity index (χ2v) is 9.27. The first-order valence-corrected chi connectivity index (χ1v) is 13.3. The van der Waals surface area contributed by atoms with Crippen molar-refractivity contribution in [1.82, 2.24) is 0 Å². The number of carboxylic acid groups (broad SMARTS) is 1. The van der Waals surface area contributed by atoms with Crippen LogP contribution < -0.4 is 0 Å². The molecule has 2 aromatic carbocycles. The summed E-state index contributed by atoms with van der Waals surface area (Å²) < 4.78 is 5.26. The van der Waals surface area contributed by atoms with Crippen molar-refractivity contribution >= 4 is 11.9 Å². The van der Waals surface area contributed by atoms with Gasteiger partial charge in [-0.2, -0.15) is 0 Å². The maximum atomic E-state index is 11.8. The Morgan fingerprint density at radius 1 is 0.806 bits per heavy atom. The fraction of sp³-hybridized carbons (Fsp3) is 0.533. The molecule has 2 aromatic rings. The van der Waals surface area contributed by atoms with E-state index in [2.05, 4.69) is 27.7 Å². The van der Waals surface area contributed by atoms with Crippen molar-refractivity contribution in [1.29, 1.82) is 0 Å². The predicted molar refractivity (Wildman–Crippen MR) is 144 cm³/mol. The Labute approximate surface area is 216 Å². The molecule has 6 heteroatoms. The van der Waals surface area contributed by atoms with Crippen LogP contribution in [0, 0.1) is 11.8 Å². The third-order valence-electron chi connectivity index (χ3n) is 6.52. The van der Waals surface area contributed by atoms with Gasteiger partial charge in [0.05, 0.1) is 6.61 Å². The number of carboxylic acids is 1. The number of carbonyl (C=O) groups is 2. The monoisotopic (exact) mass is 500 g/mol. The van der Waals surface area contributed by atoms with Gasteiger partial charge in [-0.05, 0) is 48.4 Å². The molecule has 0 bridgehead atoms. The number of esters is 1. The molecule has 0 spiro atoms. The van der Waals surface area contributed by atoms with E-state index in [9.17, 15) is 19.8 Å². The van der Waals surface area contributed by atoms with Gasteiger partial charge in [0, 0.05) is 0 Å². The molecule has 0 saturated carbocycles. The number of phenolic OH excluding ortho intramolecular Hbond substituents is 1. The van der Waals surface area contributed by atoms with E-state index >= 15 is 0 Å². The van der Waals surface area contributed by atoms with Crippen LogP contribution in [0.2, 0.25) is 0 Å². The summed E-state index contributed by atoms with van der Waals surface area (Å²) >= 11 is 0. The summed E-state index contributed by atoms with van der Waals surface area (Å²) in [4.78, 5) is 22.7. The van der Waals surface area contributed by atoms with Crippen molar-refractivity contribution in [2.24, 2.45) is 11.8 Å². The molecule has 0 amide bonds. The van der Waals surface area contributed by atoms with Crippen LogP contribution in [0.5, 0.6) is 11.5 Å². The van der Waals surface area contributed by atoms with Crippen molar-refractivity contribution in [3.8, 4) is 11.5 Å². The zero-order valence-electron chi connectivity index (χ0n) is 22.3. The normalized spacial score (nSPS) is 12.2. The number of hydrogen-bond acceptors (Lipinski definition) is 5. The lowest BCUT2D eigenvalue weighted by atomic mass is 9.91. The SMILES string of the molecule is CCCCC(CC)COC(=O)c1ccccc1O.CCCCC(CC)Cc1cccc(C(=O)O)c1O. The Hall–Kier alpha value is -3.02. The average molecular weight is 501 g/mol. The predicted octanol–water partition coefficient (Wildman–Crippen LogP) is 7.61. The van der Waals surface area contributed by atoms with Crippen LogP contribution in [-0.4, -0.2) is 33.9 Å². The van der Waals surface area contributed by atoms with Gasteiger partial charge >= 0.3 is 11.9 Å². The number of carbonyl (C=O) groups excluding carboxylic acids is 1. The number of aromatic carboxylic acids is 1. The number of para-hydroxylation sites is 2. The lowest BCUT2D eigenvalue weighted by Gasteiger charge is -2.15. The first kappa shape index (κ1) is 31.0. The zero-order chi connectivity index (χ0) is 26.9. The van der Waals surface area contributed by atoms with Crippen LogP contribution >= 0.6 is 0 Å². The van der Waals surface area contributed by atoms with E-state index in [-0.39, 0.29) is 22.6 Å². The lowest BCUT2D eigenvalue weighted by molar-refractivity contribution is 0.0424. The van der Waals surface area contributed by atoms with E-state index in [0.29, 0.717) is 18.4 Å². The van der Waals surface area contributed by atoms with Crippen molar-refractivity contribution in [3.63, 3.8) is 0 Å². The minimum atomic E-state index is -1.07.